The van der Waals surface area contributed by atoms with Crippen LogP contribution in [0.1, 0.15) is 125 Å². The van der Waals surface area contributed by atoms with Gasteiger partial charge in [-0.3, -0.25) is 38.5 Å². The average Bonchev–Trinajstić information content (AvgIpc) is 1.82. The van der Waals surface area contributed by atoms with Crippen LogP contribution >= 0.6 is 0 Å². The number of primary amides is 1. The van der Waals surface area contributed by atoms with Crippen LogP contribution in [0.4, 0.5) is 15.3 Å². The Morgan fingerprint density at radius 1 is 0.710 bits per heavy atom. The highest BCUT2D eigenvalue weighted by atomic mass is 16.6. The number of ether oxygens (including phenoxy) is 6. The number of aliphatic hydroxyl groups is 1. The van der Waals surface area contributed by atoms with Gasteiger partial charge in [-0.25, -0.2) is 9.59 Å². The lowest BCUT2D eigenvalue weighted by Crippen LogP contribution is -2.60. The summed E-state index contributed by atoms with van der Waals surface area (Å²) >= 11 is 0. The molecule has 524 valence electrons. The number of nitrogens with two attached hydrogens (primary N) is 2. The zero-order chi connectivity index (χ0) is 69.5. The molecule has 0 radical (unpaired) electrons. The van der Waals surface area contributed by atoms with E-state index in [1.165, 1.54) is 26.2 Å². The van der Waals surface area contributed by atoms with Crippen LogP contribution in [0, 0.1) is 29.6 Å². The molecule has 1 heterocycles. The molecule has 0 spiro atoms. The van der Waals surface area contributed by atoms with Gasteiger partial charge >= 0.3 is 12.1 Å². The standard InChI is InChI=1S/C66H109N11O16/c1-15-43(8)57(51(88-13)37-53(79)77-31-20-24-50(77)59(89-14)44(9)60(81)70-45(10)58(80)47-21-17-16-18-22-47)75(11)64(85)55(41(4)5)74-63(84)56(42(6)7)76(12)66(87)93-38-46-25-27-48(28-26-46)71-61(82)49(23-19-30-69-65(68)86)72-62(83)54(40(2)3)73-52(78)39-92-36-35-91-34-33-90-32-29-67/h16-18,21-22,25-28,40-45,49-51,54-59,80H,15,19-20,23-24,29-39,67H2,1-14H3,(H,70,81)(H,71,82)(H,72,83)(H,73,78)(H,74,84)(H3,68,69,86)/t43-,44+,45+,49-,50-,51+,54-,55-,56-,57-,58+,59+/m0/s1. The van der Waals surface area contributed by atoms with Crippen molar-refractivity contribution in [2.75, 3.05) is 92.9 Å². The molecule has 27 heteroatoms. The van der Waals surface area contributed by atoms with Crippen molar-refractivity contribution in [2.24, 2.45) is 41.1 Å². The number of hydrogen-bond donors (Lipinski definition) is 9. The summed E-state index contributed by atoms with van der Waals surface area (Å²) in [5.41, 5.74) is 12.2. The lowest BCUT2D eigenvalue weighted by molar-refractivity contribution is -0.148. The number of amides is 10. The molecule has 93 heavy (non-hydrogen) atoms. The van der Waals surface area contributed by atoms with Gasteiger partial charge in [-0.1, -0.05) is 111 Å². The molecule has 0 aromatic heterocycles. The first-order valence-corrected chi connectivity index (χ1v) is 32.4. The summed E-state index contributed by atoms with van der Waals surface area (Å²) in [5, 5.41) is 27.5. The zero-order valence-corrected chi connectivity index (χ0v) is 57.2. The van der Waals surface area contributed by atoms with Gasteiger partial charge in [0.1, 0.15) is 37.4 Å². The van der Waals surface area contributed by atoms with Gasteiger partial charge in [0.15, 0.2) is 0 Å². The second-order valence-electron chi connectivity index (χ2n) is 24.9. The predicted molar refractivity (Wildman–Crippen MR) is 351 cm³/mol. The van der Waals surface area contributed by atoms with E-state index < -0.39 is 120 Å². The Hall–Kier alpha value is -7.01. The molecule has 0 unspecified atom stereocenters. The number of likely N-dealkylation sites (tertiary alicyclic amines) is 1. The van der Waals surface area contributed by atoms with Crippen LogP contribution < -0.4 is 43.4 Å². The number of carbonyl (C=O) groups is 9. The Kier molecular flexibility index (Phi) is 35.9. The van der Waals surface area contributed by atoms with Crippen LogP contribution in [0.3, 0.4) is 0 Å². The first-order valence-electron chi connectivity index (χ1n) is 32.4. The van der Waals surface area contributed by atoms with E-state index in [9.17, 15) is 48.3 Å². The number of likely N-dealkylation sites (N-methyl/N-ethyl adjacent to an activating group) is 2. The summed E-state index contributed by atoms with van der Waals surface area (Å²) in [4.78, 5) is 127. The molecule has 11 N–H and O–H groups in total. The molecule has 1 fully saturated rings. The Balaban J connectivity index is 1.68. The van der Waals surface area contributed by atoms with Crippen molar-refractivity contribution in [3.05, 3.63) is 65.7 Å². The number of methoxy groups -OCH3 is 2. The zero-order valence-electron chi connectivity index (χ0n) is 57.2. The maximum Gasteiger partial charge on any atom is 0.410 e. The Bertz CT molecular complexity index is 2640. The predicted octanol–water partition coefficient (Wildman–Crippen LogP) is 3.60. The first kappa shape index (κ1) is 80.2. The molecule has 27 nitrogen and oxygen atoms in total. The van der Waals surface area contributed by atoms with Gasteiger partial charge in [-0.2, -0.15) is 0 Å². The molecule has 1 saturated heterocycles. The smallest absolute Gasteiger partial charge is 0.410 e. The van der Waals surface area contributed by atoms with Gasteiger partial charge in [0.25, 0.3) is 0 Å². The van der Waals surface area contributed by atoms with Gasteiger partial charge < -0.3 is 86.7 Å². The van der Waals surface area contributed by atoms with E-state index in [-0.39, 0.29) is 75.9 Å². The number of urea groups is 1. The topological polar surface area (TPSA) is 363 Å². The van der Waals surface area contributed by atoms with E-state index in [0.717, 1.165) is 0 Å². The summed E-state index contributed by atoms with van der Waals surface area (Å²) in [7, 11) is 6.09. The highest BCUT2D eigenvalue weighted by molar-refractivity contribution is 5.98. The molecule has 2 aromatic rings. The van der Waals surface area contributed by atoms with Crippen molar-refractivity contribution in [2.45, 2.75) is 175 Å². The normalized spacial score (nSPS) is 16.7. The maximum absolute atomic E-state index is 14.8. The highest BCUT2D eigenvalue weighted by Crippen LogP contribution is 2.30. The third-order valence-electron chi connectivity index (χ3n) is 16.8. The fourth-order valence-corrected chi connectivity index (χ4v) is 11.3. The van der Waals surface area contributed by atoms with Crippen molar-refractivity contribution < 1.29 is 76.7 Å². The first-order chi connectivity index (χ1) is 44.1. The monoisotopic (exact) mass is 1310 g/mol. The van der Waals surface area contributed by atoms with Gasteiger partial charge in [0.05, 0.1) is 81.8 Å². The van der Waals surface area contributed by atoms with E-state index in [0.29, 0.717) is 69.0 Å². The third kappa shape index (κ3) is 26.0. The third-order valence-corrected chi connectivity index (χ3v) is 16.8. The van der Waals surface area contributed by atoms with Gasteiger partial charge in [-0.15, -0.1) is 0 Å². The number of anilines is 1. The molecule has 1 aliphatic rings. The number of benzene rings is 2. The van der Waals surface area contributed by atoms with Crippen molar-refractivity contribution in [3.63, 3.8) is 0 Å². The quantitative estimate of drug-likeness (QED) is 0.0429. The summed E-state index contributed by atoms with van der Waals surface area (Å²) in [5.74, 6) is -5.43. The molecular formula is C66H109N11O16. The van der Waals surface area contributed by atoms with Crippen LogP contribution in [0.15, 0.2) is 54.6 Å². The highest BCUT2D eigenvalue weighted by Gasteiger charge is 2.44. The lowest BCUT2D eigenvalue weighted by atomic mass is 9.89. The summed E-state index contributed by atoms with van der Waals surface area (Å²) in [6.45, 7) is 19.9. The molecular weight excluding hydrogens is 1200 g/mol. The molecule has 3 rings (SSSR count). The Morgan fingerprint density at radius 2 is 1.33 bits per heavy atom. The van der Waals surface area contributed by atoms with Crippen LogP contribution in [0.5, 0.6) is 0 Å². The lowest BCUT2D eigenvalue weighted by Gasteiger charge is -2.41. The van der Waals surface area contributed by atoms with E-state index in [2.05, 4.69) is 31.9 Å². The number of nitrogens with one attached hydrogen (secondary N) is 6. The van der Waals surface area contributed by atoms with Crippen molar-refractivity contribution >= 4 is 59.2 Å². The number of nitrogens with zero attached hydrogens (tertiary/aromatic N) is 3. The second-order valence-corrected chi connectivity index (χ2v) is 24.9. The largest absolute Gasteiger partial charge is 0.445 e. The second kappa shape index (κ2) is 41.6. The SMILES string of the molecule is CC[C@H](C)[C@@H]([C@@H](CC(=O)N1CCC[C@H]1[C@H](OC)[C@@H](C)C(=O)N[C@H](C)[C@@H](O)c1ccccc1)OC)N(C)C(=O)[C@@H](NC(=O)[C@H](C(C)C)N(C)C(=O)OCc1ccc(NC(=O)[C@H](CCCNC(N)=O)NC(=O)[C@@H](NC(=O)COCCOCCOCCN)C(C)C)cc1)C(C)C. The Labute approximate surface area is 549 Å². The fourth-order valence-electron chi connectivity index (χ4n) is 11.3. The average molecular weight is 1310 g/mol. The molecule has 12 atom stereocenters. The molecule has 10 amide bonds. The summed E-state index contributed by atoms with van der Waals surface area (Å²) < 4.78 is 33.8. The number of carbonyl (C=O) groups excluding carboxylic acids is 9. The summed E-state index contributed by atoms with van der Waals surface area (Å²) in [6.07, 6.45) is -1.05. The van der Waals surface area contributed by atoms with E-state index >= 15 is 0 Å². The molecule has 0 aliphatic carbocycles. The van der Waals surface area contributed by atoms with Crippen LogP contribution in [0.25, 0.3) is 0 Å². The number of rotatable bonds is 42. The van der Waals surface area contributed by atoms with Crippen molar-refractivity contribution in [1.29, 1.82) is 0 Å². The van der Waals surface area contributed by atoms with Crippen LogP contribution in [-0.4, -0.2) is 215 Å². The minimum atomic E-state index is -1.11. The Morgan fingerprint density at radius 3 is 1.90 bits per heavy atom. The number of aliphatic hydroxyl groups excluding tert-OH is 1. The minimum Gasteiger partial charge on any atom is -0.445 e. The maximum atomic E-state index is 14.8. The van der Waals surface area contributed by atoms with Crippen LogP contribution in [0.2, 0.25) is 0 Å². The number of hydrogen-bond acceptors (Lipinski definition) is 17. The summed E-state index contributed by atoms with van der Waals surface area (Å²) in [6, 6.07) is 8.75. The van der Waals surface area contributed by atoms with E-state index in [1.807, 2.05) is 32.0 Å². The van der Waals surface area contributed by atoms with E-state index in [1.54, 1.807) is 109 Å². The van der Waals surface area contributed by atoms with Gasteiger partial charge in [-0.05, 0) is 79.5 Å². The molecule has 0 bridgehead atoms. The molecule has 2 aromatic carbocycles. The van der Waals surface area contributed by atoms with Gasteiger partial charge in [0, 0.05) is 53.6 Å². The molecule has 0 saturated carbocycles. The van der Waals surface area contributed by atoms with Crippen molar-refractivity contribution in [1.82, 2.24) is 41.3 Å². The minimum absolute atomic E-state index is 0.0869. The van der Waals surface area contributed by atoms with Crippen LogP contribution in [-0.2, 0) is 68.6 Å². The van der Waals surface area contributed by atoms with Gasteiger partial charge in [0.2, 0.25) is 41.4 Å². The van der Waals surface area contributed by atoms with E-state index in [4.69, 9.17) is 39.9 Å². The fraction of sp³-hybridized carbons (Fsp3) is 0.682. The van der Waals surface area contributed by atoms with Crippen molar-refractivity contribution in [3.8, 4) is 0 Å². The molecule has 1 aliphatic heterocycles.